The van der Waals surface area contributed by atoms with Crippen molar-refractivity contribution in [2.45, 2.75) is 39.7 Å². The first kappa shape index (κ1) is 16.6. The third-order valence-corrected chi connectivity index (χ3v) is 3.37. The lowest BCUT2D eigenvalue weighted by Gasteiger charge is -2.32. The maximum atomic E-state index is 12.8. The summed E-state index contributed by atoms with van der Waals surface area (Å²) in [6.45, 7) is 8.94. The Morgan fingerprint density at radius 2 is 1.75 bits per heavy atom. The van der Waals surface area contributed by atoms with Gasteiger partial charge in [0.25, 0.3) is 0 Å². The number of amides is 1. The first-order valence-corrected chi connectivity index (χ1v) is 7.40. The standard InChI is InChI=1S/C16H24N2OS/c1-11(2)10-18(12(3)4)16(19)14(15(17)20)13-8-6-5-7-9-13/h5-9,11-12,14H,10H2,1-4H3,(H2,17,20). The largest absolute Gasteiger partial charge is 0.392 e. The van der Waals surface area contributed by atoms with Crippen LogP contribution in [0.15, 0.2) is 30.3 Å². The Hall–Kier alpha value is -1.42. The van der Waals surface area contributed by atoms with Crippen LogP contribution in [0, 0.1) is 5.92 Å². The summed E-state index contributed by atoms with van der Waals surface area (Å²) in [4.78, 5) is 14.9. The molecule has 0 aliphatic heterocycles. The van der Waals surface area contributed by atoms with Crippen LogP contribution < -0.4 is 5.73 Å². The van der Waals surface area contributed by atoms with Gasteiger partial charge in [0.1, 0.15) is 5.92 Å². The lowest BCUT2D eigenvalue weighted by atomic mass is 9.96. The van der Waals surface area contributed by atoms with Crippen molar-refractivity contribution in [2.24, 2.45) is 11.7 Å². The Bertz CT molecular complexity index is 457. The van der Waals surface area contributed by atoms with E-state index in [1.807, 2.05) is 49.1 Å². The van der Waals surface area contributed by atoms with E-state index >= 15 is 0 Å². The predicted octanol–water partition coefficient (Wildman–Crippen LogP) is 2.95. The van der Waals surface area contributed by atoms with Crippen LogP contribution in [0.1, 0.15) is 39.2 Å². The molecule has 4 heteroatoms. The van der Waals surface area contributed by atoms with Crippen LogP contribution in [0.4, 0.5) is 0 Å². The Labute approximate surface area is 127 Å². The first-order valence-electron chi connectivity index (χ1n) is 6.99. The molecular weight excluding hydrogens is 268 g/mol. The van der Waals surface area contributed by atoms with Gasteiger partial charge in [0.15, 0.2) is 0 Å². The molecule has 0 bridgehead atoms. The zero-order chi connectivity index (χ0) is 15.3. The van der Waals surface area contributed by atoms with Crippen LogP contribution in [0.2, 0.25) is 0 Å². The molecule has 3 nitrogen and oxygen atoms in total. The van der Waals surface area contributed by atoms with Crippen molar-refractivity contribution in [3.8, 4) is 0 Å². The van der Waals surface area contributed by atoms with Crippen LogP contribution in [0.5, 0.6) is 0 Å². The summed E-state index contributed by atoms with van der Waals surface area (Å²) >= 11 is 5.12. The van der Waals surface area contributed by atoms with Crippen molar-refractivity contribution in [3.63, 3.8) is 0 Å². The van der Waals surface area contributed by atoms with Crippen molar-refractivity contribution in [3.05, 3.63) is 35.9 Å². The maximum absolute atomic E-state index is 12.8. The molecule has 0 radical (unpaired) electrons. The van der Waals surface area contributed by atoms with Gasteiger partial charge < -0.3 is 10.6 Å². The van der Waals surface area contributed by atoms with Crippen molar-refractivity contribution >= 4 is 23.1 Å². The lowest BCUT2D eigenvalue weighted by molar-refractivity contribution is -0.133. The van der Waals surface area contributed by atoms with Gasteiger partial charge in [0.2, 0.25) is 5.91 Å². The van der Waals surface area contributed by atoms with E-state index in [0.717, 1.165) is 5.56 Å². The molecule has 0 heterocycles. The number of nitrogens with two attached hydrogens (primary N) is 1. The third kappa shape index (κ3) is 4.30. The molecule has 0 aromatic heterocycles. The van der Waals surface area contributed by atoms with E-state index in [9.17, 15) is 4.79 Å². The fourth-order valence-corrected chi connectivity index (χ4v) is 2.43. The minimum Gasteiger partial charge on any atom is -0.392 e. The molecule has 110 valence electrons. The SMILES string of the molecule is CC(C)CN(C(=O)C(C(N)=S)c1ccccc1)C(C)C. The van der Waals surface area contributed by atoms with Crippen molar-refractivity contribution in [1.29, 1.82) is 0 Å². The Morgan fingerprint density at radius 1 is 1.20 bits per heavy atom. The number of carbonyl (C=O) groups excluding carboxylic acids is 1. The van der Waals surface area contributed by atoms with Crippen molar-refractivity contribution in [2.75, 3.05) is 6.54 Å². The maximum Gasteiger partial charge on any atom is 0.237 e. The smallest absolute Gasteiger partial charge is 0.237 e. The minimum atomic E-state index is -0.535. The highest BCUT2D eigenvalue weighted by Crippen LogP contribution is 2.21. The Balaban J connectivity index is 3.07. The zero-order valence-electron chi connectivity index (χ0n) is 12.7. The molecule has 1 aromatic rings. The second-order valence-electron chi connectivity index (χ2n) is 5.72. The molecule has 1 amide bonds. The van der Waals surface area contributed by atoms with E-state index in [2.05, 4.69) is 13.8 Å². The molecule has 1 atom stereocenters. The number of hydrogen-bond acceptors (Lipinski definition) is 2. The highest BCUT2D eigenvalue weighted by Gasteiger charge is 2.29. The average Bonchev–Trinajstić information content (AvgIpc) is 2.36. The highest BCUT2D eigenvalue weighted by molar-refractivity contribution is 7.80. The highest BCUT2D eigenvalue weighted by atomic mass is 32.1. The van der Waals surface area contributed by atoms with Gasteiger partial charge in [-0.1, -0.05) is 56.4 Å². The van der Waals surface area contributed by atoms with Crippen LogP contribution in [-0.2, 0) is 4.79 Å². The summed E-state index contributed by atoms with van der Waals surface area (Å²) in [5.74, 6) is -0.135. The number of benzene rings is 1. The molecule has 0 saturated heterocycles. The van der Waals surface area contributed by atoms with E-state index in [0.29, 0.717) is 12.5 Å². The molecule has 1 rings (SSSR count). The van der Waals surface area contributed by atoms with Gasteiger partial charge in [0.05, 0.1) is 4.99 Å². The minimum absolute atomic E-state index is 0.00704. The van der Waals surface area contributed by atoms with E-state index in [1.54, 1.807) is 0 Å². The summed E-state index contributed by atoms with van der Waals surface area (Å²) in [6.07, 6.45) is 0. The molecule has 20 heavy (non-hydrogen) atoms. The molecule has 0 spiro atoms. The molecule has 1 aromatic carbocycles. The van der Waals surface area contributed by atoms with Crippen LogP contribution in [-0.4, -0.2) is 28.4 Å². The molecule has 0 saturated carbocycles. The number of nitrogens with zero attached hydrogens (tertiary/aromatic N) is 1. The predicted molar refractivity (Wildman–Crippen MR) is 87.7 cm³/mol. The van der Waals surface area contributed by atoms with Crippen LogP contribution >= 0.6 is 12.2 Å². The topological polar surface area (TPSA) is 46.3 Å². The third-order valence-electron chi connectivity index (χ3n) is 3.13. The second-order valence-corrected chi connectivity index (χ2v) is 6.20. The number of thiocarbonyl (C=S) groups is 1. The van der Waals surface area contributed by atoms with Crippen LogP contribution in [0.3, 0.4) is 0 Å². The molecule has 2 N–H and O–H groups in total. The summed E-state index contributed by atoms with van der Waals surface area (Å²) < 4.78 is 0. The normalized spacial score (nSPS) is 12.5. The summed E-state index contributed by atoms with van der Waals surface area (Å²) in [5.41, 5.74) is 6.68. The van der Waals surface area contributed by atoms with E-state index in [4.69, 9.17) is 18.0 Å². The number of rotatable bonds is 6. The molecule has 1 unspecified atom stereocenters. The lowest BCUT2D eigenvalue weighted by Crippen LogP contribution is -2.45. The van der Waals surface area contributed by atoms with Gasteiger partial charge in [-0.05, 0) is 25.3 Å². The van der Waals surface area contributed by atoms with Crippen molar-refractivity contribution in [1.82, 2.24) is 4.90 Å². The van der Waals surface area contributed by atoms with E-state index in [-0.39, 0.29) is 16.9 Å². The van der Waals surface area contributed by atoms with E-state index < -0.39 is 5.92 Å². The van der Waals surface area contributed by atoms with E-state index in [1.165, 1.54) is 0 Å². The monoisotopic (exact) mass is 292 g/mol. The Morgan fingerprint density at radius 3 is 2.15 bits per heavy atom. The molecule has 0 aliphatic rings. The summed E-state index contributed by atoms with van der Waals surface area (Å²) in [6, 6.07) is 9.64. The Kier molecular flexibility index (Phi) is 6.14. The second kappa shape index (κ2) is 7.39. The van der Waals surface area contributed by atoms with Gasteiger partial charge >= 0.3 is 0 Å². The molecular formula is C16H24N2OS. The molecule has 0 aliphatic carbocycles. The van der Waals surface area contributed by atoms with Gasteiger partial charge in [0, 0.05) is 12.6 Å². The summed E-state index contributed by atoms with van der Waals surface area (Å²) in [7, 11) is 0. The first-order chi connectivity index (χ1) is 9.34. The fourth-order valence-electron chi connectivity index (χ4n) is 2.19. The van der Waals surface area contributed by atoms with Gasteiger partial charge in [-0.15, -0.1) is 0 Å². The average molecular weight is 292 g/mol. The molecule has 0 fully saturated rings. The van der Waals surface area contributed by atoms with Gasteiger partial charge in [-0.3, -0.25) is 4.79 Å². The van der Waals surface area contributed by atoms with Gasteiger partial charge in [-0.25, -0.2) is 0 Å². The number of carbonyl (C=O) groups is 1. The van der Waals surface area contributed by atoms with Crippen LogP contribution in [0.25, 0.3) is 0 Å². The fraction of sp³-hybridized carbons (Fsp3) is 0.500. The number of hydrogen-bond donors (Lipinski definition) is 1. The summed E-state index contributed by atoms with van der Waals surface area (Å²) in [5, 5.41) is 0. The zero-order valence-corrected chi connectivity index (χ0v) is 13.5. The van der Waals surface area contributed by atoms with Gasteiger partial charge in [-0.2, -0.15) is 0 Å². The van der Waals surface area contributed by atoms with Crippen molar-refractivity contribution < 1.29 is 4.79 Å². The quantitative estimate of drug-likeness (QED) is 0.820.